The van der Waals surface area contributed by atoms with Crippen LogP contribution in [0.4, 0.5) is 17.1 Å². The number of halogens is 1. The van der Waals surface area contributed by atoms with Crippen LogP contribution in [0.5, 0.6) is 0 Å². The van der Waals surface area contributed by atoms with E-state index in [4.69, 9.17) is 11.6 Å². The molecule has 0 bridgehead atoms. The summed E-state index contributed by atoms with van der Waals surface area (Å²) >= 11 is 6.01. The van der Waals surface area contributed by atoms with Crippen molar-refractivity contribution in [1.82, 2.24) is 0 Å². The maximum absolute atomic E-state index is 12.8. The van der Waals surface area contributed by atoms with Gasteiger partial charge in [-0.05, 0) is 36.4 Å². The van der Waals surface area contributed by atoms with Gasteiger partial charge in [0.1, 0.15) is 0 Å². The number of fused-ring (bicyclic) bond motifs is 2. The topological polar surface area (TPSA) is 49.4 Å². The second-order valence-electron chi connectivity index (χ2n) is 4.80. The van der Waals surface area contributed by atoms with Gasteiger partial charge < -0.3 is 10.2 Å². The monoisotopic (exact) mass is 320 g/mol. The molecule has 1 unspecified atom stereocenters. The van der Waals surface area contributed by atoms with Gasteiger partial charge in [0.05, 0.1) is 32.0 Å². The van der Waals surface area contributed by atoms with E-state index in [1.165, 1.54) is 6.92 Å². The van der Waals surface area contributed by atoms with Crippen LogP contribution in [0.25, 0.3) is 0 Å². The molecule has 4 nitrogen and oxygen atoms in total. The van der Waals surface area contributed by atoms with E-state index >= 15 is 0 Å². The van der Waals surface area contributed by atoms with Crippen LogP contribution >= 0.6 is 11.6 Å². The molecule has 108 valence electrons. The lowest BCUT2D eigenvalue weighted by Crippen LogP contribution is -2.19. The van der Waals surface area contributed by atoms with E-state index in [2.05, 4.69) is 5.32 Å². The summed E-state index contributed by atoms with van der Waals surface area (Å²) in [5.41, 5.74) is 2.36. The highest BCUT2D eigenvalue weighted by Crippen LogP contribution is 2.42. The predicted octanol–water partition coefficient (Wildman–Crippen LogP) is 3.55. The van der Waals surface area contributed by atoms with Gasteiger partial charge in [-0.1, -0.05) is 11.6 Å². The molecule has 1 aliphatic heterocycles. The maximum atomic E-state index is 12.8. The zero-order valence-corrected chi connectivity index (χ0v) is 13.1. The van der Waals surface area contributed by atoms with Crippen molar-refractivity contribution < 1.29 is 9.00 Å². The molecule has 6 heteroatoms. The van der Waals surface area contributed by atoms with Gasteiger partial charge in [0.25, 0.3) is 0 Å². The summed E-state index contributed by atoms with van der Waals surface area (Å²) in [4.78, 5) is 14.5. The number of anilines is 3. The van der Waals surface area contributed by atoms with Gasteiger partial charge in [0.15, 0.2) is 0 Å². The quantitative estimate of drug-likeness (QED) is 0.874. The third kappa shape index (κ3) is 2.43. The second kappa shape index (κ2) is 5.16. The fourth-order valence-corrected chi connectivity index (χ4v) is 4.11. The highest BCUT2D eigenvalue weighted by atomic mass is 35.5. The molecule has 2 aromatic carbocycles. The summed E-state index contributed by atoms with van der Waals surface area (Å²) in [7, 11) is 0.593. The van der Waals surface area contributed by atoms with Crippen LogP contribution in [0.15, 0.2) is 46.2 Å². The second-order valence-corrected chi connectivity index (χ2v) is 6.66. The van der Waals surface area contributed by atoms with E-state index in [-0.39, 0.29) is 5.91 Å². The van der Waals surface area contributed by atoms with Gasteiger partial charge in [-0.3, -0.25) is 4.79 Å². The number of hydrogen-bond donors (Lipinski definition) is 1. The van der Waals surface area contributed by atoms with Crippen LogP contribution in [0.3, 0.4) is 0 Å². The standard InChI is InChI=1S/C15H13ClN2O2S/c1-9(19)17-11-4-6-13-15(8-11)21(20)14-7-10(16)3-5-12(14)18(13)2/h3-8H,1-2H3,(H,17,19). The molecule has 0 radical (unpaired) electrons. The van der Waals surface area contributed by atoms with Gasteiger partial charge in [0, 0.05) is 24.7 Å². The third-order valence-corrected chi connectivity index (χ3v) is 5.01. The zero-order valence-electron chi connectivity index (χ0n) is 11.5. The normalized spacial score (nSPS) is 16.1. The van der Waals surface area contributed by atoms with E-state index in [0.717, 1.165) is 11.4 Å². The molecule has 0 saturated heterocycles. The van der Waals surface area contributed by atoms with Crippen LogP contribution in [-0.2, 0) is 15.6 Å². The maximum Gasteiger partial charge on any atom is 0.221 e. The Morgan fingerprint density at radius 3 is 2.43 bits per heavy atom. The molecular formula is C15H13ClN2O2S. The molecule has 1 N–H and O–H groups in total. The van der Waals surface area contributed by atoms with Crippen molar-refractivity contribution in [3.8, 4) is 0 Å². The van der Waals surface area contributed by atoms with E-state index in [9.17, 15) is 9.00 Å². The van der Waals surface area contributed by atoms with Gasteiger partial charge in [-0.2, -0.15) is 0 Å². The van der Waals surface area contributed by atoms with Crippen molar-refractivity contribution in [2.45, 2.75) is 16.7 Å². The van der Waals surface area contributed by atoms with Crippen molar-refractivity contribution in [2.24, 2.45) is 0 Å². The fourth-order valence-electron chi connectivity index (χ4n) is 2.38. The molecule has 1 aliphatic rings. The van der Waals surface area contributed by atoms with E-state index in [1.54, 1.807) is 24.3 Å². The first kappa shape index (κ1) is 14.1. The molecule has 1 atom stereocenters. The minimum atomic E-state index is -1.32. The lowest BCUT2D eigenvalue weighted by Gasteiger charge is -2.29. The molecule has 0 aromatic heterocycles. The van der Waals surface area contributed by atoms with Gasteiger partial charge in [-0.15, -0.1) is 0 Å². The van der Waals surface area contributed by atoms with Crippen LogP contribution in [0.1, 0.15) is 6.92 Å². The molecule has 0 spiro atoms. The molecule has 2 aromatic rings. The average Bonchev–Trinajstić information content (AvgIpc) is 2.44. The molecule has 1 heterocycles. The molecule has 0 saturated carbocycles. The summed E-state index contributed by atoms with van der Waals surface area (Å²) in [6.45, 7) is 1.44. The summed E-state index contributed by atoms with van der Waals surface area (Å²) in [6.07, 6.45) is 0. The first-order chi connectivity index (χ1) is 9.97. The Kier molecular flexibility index (Phi) is 3.47. The first-order valence-corrected chi connectivity index (χ1v) is 7.87. The average molecular weight is 321 g/mol. The van der Waals surface area contributed by atoms with Crippen molar-refractivity contribution in [3.05, 3.63) is 41.4 Å². The molecule has 0 fully saturated rings. The Morgan fingerprint density at radius 2 is 1.76 bits per heavy atom. The van der Waals surface area contributed by atoms with Crippen molar-refractivity contribution in [3.63, 3.8) is 0 Å². The number of amides is 1. The third-order valence-electron chi connectivity index (χ3n) is 3.32. The molecule has 1 amide bonds. The zero-order chi connectivity index (χ0) is 15.1. The van der Waals surface area contributed by atoms with Crippen LogP contribution < -0.4 is 10.2 Å². The molecule has 21 heavy (non-hydrogen) atoms. The molecule has 0 aliphatic carbocycles. The first-order valence-electron chi connectivity index (χ1n) is 6.34. The summed E-state index contributed by atoms with van der Waals surface area (Å²) in [5.74, 6) is -0.159. The van der Waals surface area contributed by atoms with Gasteiger partial charge in [-0.25, -0.2) is 4.21 Å². The Hall–Kier alpha value is -1.85. The van der Waals surface area contributed by atoms with E-state index in [0.29, 0.717) is 20.5 Å². The van der Waals surface area contributed by atoms with E-state index < -0.39 is 10.8 Å². The van der Waals surface area contributed by atoms with Crippen molar-refractivity contribution in [2.75, 3.05) is 17.3 Å². The largest absolute Gasteiger partial charge is 0.343 e. The lowest BCUT2D eigenvalue weighted by molar-refractivity contribution is -0.114. The van der Waals surface area contributed by atoms with Crippen LogP contribution in [0.2, 0.25) is 5.02 Å². The lowest BCUT2D eigenvalue weighted by atomic mass is 10.2. The Labute approximate surface area is 130 Å². The van der Waals surface area contributed by atoms with Gasteiger partial charge >= 0.3 is 0 Å². The number of rotatable bonds is 1. The van der Waals surface area contributed by atoms with E-state index in [1.807, 2.05) is 24.1 Å². The molecule has 3 rings (SSSR count). The minimum Gasteiger partial charge on any atom is -0.343 e. The minimum absolute atomic E-state index is 0.159. The predicted molar refractivity (Wildman–Crippen MR) is 84.9 cm³/mol. The fraction of sp³-hybridized carbons (Fsp3) is 0.133. The number of carbonyl (C=O) groups is 1. The smallest absolute Gasteiger partial charge is 0.221 e. The van der Waals surface area contributed by atoms with Crippen molar-refractivity contribution >= 4 is 45.4 Å². The SMILES string of the molecule is CC(=O)Nc1ccc2c(c1)S(=O)c1cc(Cl)ccc1N2C. The summed E-state index contributed by atoms with van der Waals surface area (Å²) in [5, 5.41) is 3.26. The van der Waals surface area contributed by atoms with Gasteiger partial charge in [0.2, 0.25) is 5.91 Å². The Balaban J connectivity index is 2.14. The highest BCUT2D eigenvalue weighted by molar-refractivity contribution is 7.85. The van der Waals surface area contributed by atoms with Crippen LogP contribution in [0, 0.1) is 0 Å². The van der Waals surface area contributed by atoms with Crippen LogP contribution in [-0.4, -0.2) is 17.2 Å². The number of nitrogens with one attached hydrogen (secondary N) is 1. The highest BCUT2D eigenvalue weighted by Gasteiger charge is 2.26. The Bertz CT molecular complexity index is 776. The molecular weight excluding hydrogens is 308 g/mol. The number of nitrogens with zero attached hydrogens (tertiary/aromatic N) is 1. The summed E-state index contributed by atoms with van der Waals surface area (Å²) in [6, 6.07) is 10.8. The number of hydrogen-bond acceptors (Lipinski definition) is 3. The number of carbonyl (C=O) groups excluding carboxylic acids is 1. The summed E-state index contributed by atoms with van der Waals surface area (Å²) < 4.78 is 12.8. The Morgan fingerprint density at radius 1 is 1.14 bits per heavy atom. The van der Waals surface area contributed by atoms with Crippen molar-refractivity contribution in [1.29, 1.82) is 0 Å². The number of benzene rings is 2.